The summed E-state index contributed by atoms with van der Waals surface area (Å²) in [5, 5.41) is 4.36. The van der Waals surface area contributed by atoms with E-state index in [2.05, 4.69) is 20.1 Å². The molecule has 1 amide bonds. The SMILES string of the molecule is Cc1noc(C(C)(C)Cc2ccc3[nH]c(-c4ccnc(C(C)(C)C)n4)cc3c2F)c1C(N)=O. The van der Waals surface area contributed by atoms with Crippen LogP contribution in [-0.4, -0.2) is 26.0 Å². The van der Waals surface area contributed by atoms with Gasteiger partial charge in [0.15, 0.2) is 5.76 Å². The molecule has 0 spiro atoms. The summed E-state index contributed by atoms with van der Waals surface area (Å²) in [6.45, 7) is 11.6. The van der Waals surface area contributed by atoms with E-state index >= 15 is 4.39 Å². The molecule has 8 heteroatoms. The molecular weight excluding hydrogens is 421 g/mol. The molecule has 1 aromatic carbocycles. The maximum absolute atomic E-state index is 15.6. The van der Waals surface area contributed by atoms with Crippen molar-refractivity contribution in [3.05, 3.63) is 64.7 Å². The van der Waals surface area contributed by atoms with Gasteiger partial charge in [0.1, 0.15) is 17.2 Å². The summed E-state index contributed by atoms with van der Waals surface area (Å²) in [7, 11) is 0. The molecule has 3 N–H and O–H groups in total. The molecule has 0 radical (unpaired) electrons. The average Bonchev–Trinajstić information content (AvgIpc) is 3.34. The monoisotopic (exact) mass is 449 g/mol. The molecule has 0 saturated heterocycles. The molecule has 4 rings (SSSR count). The van der Waals surface area contributed by atoms with E-state index in [0.29, 0.717) is 45.9 Å². The minimum absolute atomic E-state index is 0.200. The molecule has 33 heavy (non-hydrogen) atoms. The number of carbonyl (C=O) groups is 1. The van der Waals surface area contributed by atoms with Crippen molar-refractivity contribution >= 4 is 16.8 Å². The molecule has 0 atom stereocenters. The van der Waals surface area contributed by atoms with Crippen LogP contribution in [0.3, 0.4) is 0 Å². The molecule has 3 aromatic heterocycles. The van der Waals surface area contributed by atoms with Gasteiger partial charge in [-0.15, -0.1) is 0 Å². The fourth-order valence-corrected chi connectivity index (χ4v) is 4.04. The Morgan fingerprint density at radius 3 is 2.58 bits per heavy atom. The summed E-state index contributed by atoms with van der Waals surface area (Å²) >= 11 is 0. The van der Waals surface area contributed by atoms with Gasteiger partial charge in [-0.05, 0) is 37.1 Å². The number of amides is 1. The Hall–Kier alpha value is -3.55. The number of aryl methyl sites for hydroxylation is 1. The largest absolute Gasteiger partial charge is 0.365 e. The third-order valence-corrected chi connectivity index (χ3v) is 5.78. The third kappa shape index (κ3) is 4.13. The normalized spacial score (nSPS) is 12.5. The maximum atomic E-state index is 15.6. The predicted molar refractivity (Wildman–Crippen MR) is 124 cm³/mol. The quantitative estimate of drug-likeness (QED) is 0.447. The second kappa shape index (κ2) is 7.79. The molecule has 0 aliphatic carbocycles. The number of nitrogens with one attached hydrogen (secondary N) is 1. The minimum Gasteiger partial charge on any atom is -0.365 e. The van der Waals surface area contributed by atoms with Gasteiger partial charge < -0.3 is 15.2 Å². The fourth-order valence-electron chi connectivity index (χ4n) is 4.04. The molecule has 0 fully saturated rings. The highest BCUT2D eigenvalue weighted by molar-refractivity contribution is 5.95. The van der Waals surface area contributed by atoms with Crippen LogP contribution in [0.1, 0.15) is 67.8 Å². The number of nitrogens with zero attached hydrogens (tertiary/aromatic N) is 3. The summed E-state index contributed by atoms with van der Waals surface area (Å²) in [5.74, 6) is 0.138. The number of carbonyl (C=O) groups excluding carboxylic acids is 1. The Bertz CT molecular complexity index is 1360. The molecule has 0 bridgehead atoms. The minimum atomic E-state index is -0.701. The number of H-pyrrole nitrogens is 1. The highest BCUT2D eigenvalue weighted by Gasteiger charge is 2.33. The average molecular weight is 450 g/mol. The molecule has 172 valence electrons. The first-order valence-corrected chi connectivity index (χ1v) is 10.8. The standard InChI is InChI=1S/C25H28FN5O2/c1-13-19(22(27)32)21(33-31-13)25(5,6)12-14-7-8-16-15(20(14)26)11-18(29-16)17-9-10-28-23(30-17)24(2,3)4/h7-11,29H,12H2,1-6H3,(H2,27,32). The lowest BCUT2D eigenvalue weighted by Gasteiger charge is -2.23. The highest BCUT2D eigenvalue weighted by Crippen LogP contribution is 2.35. The topological polar surface area (TPSA) is 111 Å². The number of nitrogens with two attached hydrogens (primary N) is 1. The zero-order valence-electron chi connectivity index (χ0n) is 19.7. The Labute approximate surface area is 191 Å². The zero-order chi connectivity index (χ0) is 24.1. The zero-order valence-corrected chi connectivity index (χ0v) is 19.7. The van der Waals surface area contributed by atoms with Crippen molar-refractivity contribution in [2.24, 2.45) is 5.73 Å². The van der Waals surface area contributed by atoms with Crippen molar-refractivity contribution < 1.29 is 13.7 Å². The second-order valence-electron chi connectivity index (χ2n) is 10.1. The Balaban J connectivity index is 1.72. The van der Waals surface area contributed by atoms with Gasteiger partial charge in [-0.3, -0.25) is 4.79 Å². The lowest BCUT2D eigenvalue weighted by Crippen LogP contribution is -2.25. The van der Waals surface area contributed by atoms with E-state index < -0.39 is 11.3 Å². The van der Waals surface area contributed by atoms with Gasteiger partial charge in [0.2, 0.25) is 0 Å². The van der Waals surface area contributed by atoms with Gasteiger partial charge in [-0.2, -0.15) is 0 Å². The number of primary amides is 1. The van der Waals surface area contributed by atoms with Crippen LogP contribution in [0, 0.1) is 12.7 Å². The molecule has 3 heterocycles. The first-order chi connectivity index (χ1) is 15.4. The smallest absolute Gasteiger partial charge is 0.254 e. The summed E-state index contributed by atoms with van der Waals surface area (Å²) in [5.41, 5.74) is 7.90. The molecular formula is C25H28FN5O2. The van der Waals surface area contributed by atoms with Gasteiger partial charge in [-0.1, -0.05) is 45.8 Å². The lowest BCUT2D eigenvalue weighted by molar-refractivity contribution is 0.0995. The van der Waals surface area contributed by atoms with Crippen molar-refractivity contribution in [1.29, 1.82) is 0 Å². The van der Waals surface area contributed by atoms with E-state index in [4.69, 9.17) is 10.3 Å². The Kier molecular flexibility index (Phi) is 5.35. The van der Waals surface area contributed by atoms with Gasteiger partial charge in [0.25, 0.3) is 5.91 Å². The predicted octanol–water partition coefficient (Wildman–Crippen LogP) is 4.98. The van der Waals surface area contributed by atoms with Crippen LogP contribution < -0.4 is 5.73 Å². The summed E-state index contributed by atoms with van der Waals surface area (Å²) < 4.78 is 21.0. The Morgan fingerprint density at radius 1 is 1.18 bits per heavy atom. The van der Waals surface area contributed by atoms with Gasteiger partial charge in [0, 0.05) is 27.9 Å². The van der Waals surface area contributed by atoms with E-state index in [1.807, 2.05) is 40.7 Å². The highest BCUT2D eigenvalue weighted by atomic mass is 19.1. The molecule has 0 saturated carbocycles. The lowest BCUT2D eigenvalue weighted by atomic mass is 9.81. The fraction of sp³-hybridized carbons (Fsp3) is 0.360. The van der Waals surface area contributed by atoms with Crippen molar-refractivity contribution in [3.63, 3.8) is 0 Å². The number of fused-ring (bicyclic) bond motifs is 1. The van der Waals surface area contributed by atoms with Crippen LogP contribution in [0.2, 0.25) is 0 Å². The van der Waals surface area contributed by atoms with Gasteiger partial charge in [0.05, 0.1) is 17.1 Å². The van der Waals surface area contributed by atoms with E-state index in [-0.39, 0.29) is 16.8 Å². The Morgan fingerprint density at radius 2 is 1.91 bits per heavy atom. The summed E-state index contributed by atoms with van der Waals surface area (Å²) in [6.07, 6.45) is 2.01. The van der Waals surface area contributed by atoms with E-state index in [0.717, 1.165) is 5.69 Å². The number of benzene rings is 1. The molecule has 7 nitrogen and oxygen atoms in total. The first kappa shape index (κ1) is 22.6. The number of aromatic amines is 1. The van der Waals surface area contributed by atoms with Crippen LogP contribution in [0.25, 0.3) is 22.3 Å². The molecule has 0 unspecified atom stereocenters. The van der Waals surface area contributed by atoms with Crippen molar-refractivity contribution in [3.8, 4) is 11.4 Å². The summed E-state index contributed by atoms with van der Waals surface area (Å²) in [4.78, 5) is 24.2. The van der Waals surface area contributed by atoms with Crippen molar-refractivity contribution in [2.45, 2.75) is 58.8 Å². The van der Waals surface area contributed by atoms with Crippen LogP contribution >= 0.6 is 0 Å². The second-order valence-corrected chi connectivity index (χ2v) is 10.1. The van der Waals surface area contributed by atoms with Gasteiger partial charge in [-0.25, -0.2) is 14.4 Å². The van der Waals surface area contributed by atoms with E-state index in [1.165, 1.54) is 0 Å². The van der Waals surface area contributed by atoms with Crippen molar-refractivity contribution in [2.75, 3.05) is 0 Å². The number of hydrogen-bond acceptors (Lipinski definition) is 5. The number of halogens is 1. The van der Waals surface area contributed by atoms with E-state index in [1.54, 1.807) is 31.3 Å². The number of aromatic nitrogens is 4. The van der Waals surface area contributed by atoms with E-state index in [9.17, 15) is 4.79 Å². The van der Waals surface area contributed by atoms with Crippen molar-refractivity contribution in [1.82, 2.24) is 20.1 Å². The molecule has 0 aliphatic heterocycles. The third-order valence-electron chi connectivity index (χ3n) is 5.78. The molecule has 0 aliphatic rings. The maximum Gasteiger partial charge on any atom is 0.254 e. The number of hydrogen-bond donors (Lipinski definition) is 2. The molecule has 4 aromatic rings. The van der Waals surface area contributed by atoms with Crippen LogP contribution in [-0.2, 0) is 17.3 Å². The summed E-state index contributed by atoms with van der Waals surface area (Å²) in [6, 6.07) is 7.16. The van der Waals surface area contributed by atoms with Crippen LogP contribution in [0.15, 0.2) is 35.0 Å². The number of rotatable bonds is 5. The van der Waals surface area contributed by atoms with Crippen LogP contribution in [0.5, 0.6) is 0 Å². The first-order valence-electron chi connectivity index (χ1n) is 10.8. The van der Waals surface area contributed by atoms with Gasteiger partial charge >= 0.3 is 0 Å². The van der Waals surface area contributed by atoms with Crippen LogP contribution in [0.4, 0.5) is 4.39 Å².